The largest absolute Gasteiger partial charge is 0.354 e. The van der Waals surface area contributed by atoms with Gasteiger partial charge in [0, 0.05) is 11.9 Å². The first-order chi connectivity index (χ1) is 12.7. The Bertz CT molecular complexity index is 1050. The maximum atomic E-state index is 12.4. The van der Waals surface area contributed by atoms with Crippen LogP contribution in [0.4, 0.5) is 17.1 Å². The van der Waals surface area contributed by atoms with Crippen LogP contribution in [0.1, 0.15) is 21.6 Å². The number of amides is 1. The summed E-state index contributed by atoms with van der Waals surface area (Å²) in [5.74, 6) is -0.426. The molecule has 26 heavy (non-hydrogen) atoms. The summed E-state index contributed by atoms with van der Waals surface area (Å²) < 4.78 is 0. The molecule has 1 aromatic heterocycles. The van der Waals surface area contributed by atoms with E-state index in [-0.39, 0.29) is 5.69 Å². The first-order valence-corrected chi connectivity index (χ1v) is 7.74. The molecule has 0 saturated carbocycles. The average molecular weight is 339 g/mol. The van der Waals surface area contributed by atoms with Crippen molar-refractivity contribution < 1.29 is 4.79 Å². The van der Waals surface area contributed by atoms with Gasteiger partial charge in [-0.15, -0.1) is 0 Å². The third kappa shape index (κ3) is 3.66. The van der Waals surface area contributed by atoms with Gasteiger partial charge in [-0.2, -0.15) is 10.5 Å². The molecular formula is C20H13N5O. The molecule has 1 amide bonds. The Morgan fingerprint density at radius 3 is 2.19 bits per heavy atom. The molecule has 1 heterocycles. The zero-order chi connectivity index (χ0) is 18.4. The van der Waals surface area contributed by atoms with Crippen molar-refractivity contribution in [2.24, 2.45) is 0 Å². The molecule has 0 spiro atoms. The number of para-hydroxylation sites is 2. The van der Waals surface area contributed by atoms with Crippen LogP contribution in [0.5, 0.6) is 0 Å². The van der Waals surface area contributed by atoms with Crippen molar-refractivity contribution in [3.8, 4) is 12.1 Å². The number of benzene rings is 2. The Balaban J connectivity index is 1.82. The highest BCUT2D eigenvalue weighted by atomic mass is 16.1. The molecule has 0 aliphatic heterocycles. The van der Waals surface area contributed by atoms with E-state index in [0.717, 1.165) is 0 Å². The lowest BCUT2D eigenvalue weighted by Gasteiger charge is -2.10. The van der Waals surface area contributed by atoms with Gasteiger partial charge in [0.25, 0.3) is 5.91 Å². The maximum Gasteiger partial charge on any atom is 0.274 e. The Kier molecular flexibility index (Phi) is 4.88. The van der Waals surface area contributed by atoms with Crippen LogP contribution in [0.15, 0.2) is 66.9 Å². The van der Waals surface area contributed by atoms with Crippen LogP contribution in [0.25, 0.3) is 0 Å². The minimum Gasteiger partial charge on any atom is -0.354 e. The fourth-order valence-corrected chi connectivity index (χ4v) is 2.35. The molecule has 2 aromatic carbocycles. The number of nitrogens with zero attached hydrogens (tertiary/aromatic N) is 3. The summed E-state index contributed by atoms with van der Waals surface area (Å²) >= 11 is 0. The Morgan fingerprint density at radius 1 is 0.885 bits per heavy atom. The summed E-state index contributed by atoms with van der Waals surface area (Å²) in [6, 6.07) is 21.2. The SMILES string of the molecule is N#Cc1ccccc1NC(=O)c1cc(Nc2ccccc2C#N)ccn1. The summed E-state index contributed by atoms with van der Waals surface area (Å²) in [6.07, 6.45) is 1.50. The molecule has 3 rings (SSSR count). The number of hydrogen-bond acceptors (Lipinski definition) is 5. The van der Waals surface area contributed by atoms with Gasteiger partial charge in [0.05, 0.1) is 22.5 Å². The van der Waals surface area contributed by atoms with Crippen molar-refractivity contribution in [2.45, 2.75) is 0 Å². The van der Waals surface area contributed by atoms with E-state index in [0.29, 0.717) is 28.2 Å². The molecule has 0 atom stereocenters. The lowest BCUT2D eigenvalue weighted by Crippen LogP contribution is -2.14. The van der Waals surface area contributed by atoms with Crippen LogP contribution in [0, 0.1) is 22.7 Å². The first kappa shape index (κ1) is 16.7. The lowest BCUT2D eigenvalue weighted by molar-refractivity contribution is 0.102. The van der Waals surface area contributed by atoms with Crippen LogP contribution >= 0.6 is 0 Å². The third-order valence-corrected chi connectivity index (χ3v) is 3.61. The number of hydrogen-bond donors (Lipinski definition) is 2. The van der Waals surface area contributed by atoms with Crippen molar-refractivity contribution in [1.82, 2.24) is 4.98 Å². The van der Waals surface area contributed by atoms with Gasteiger partial charge in [0.15, 0.2) is 0 Å². The second kappa shape index (κ2) is 7.61. The second-order valence-electron chi connectivity index (χ2n) is 5.32. The average Bonchev–Trinajstić information content (AvgIpc) is 2.69. The Labute approximate surface area is 150 Å². The predicted octanol–water partition coefficient (Wildman–Crippen LogP) is 3.82. The third-order valence-electron chi connectivity index (χ3n) is 3.61. The number of nitriles is 2. The quantitative estimate of drug-likeness (QED) is 0.752. The van der Waals surface area contributed by atoms with Gasteiger partial charge < -0.3 is 10.6 Å². The van der Waals surface area contributed by atoms with Crippen molar-refractivity contribution in [3.05, 3.63) is 83.7 Å². The summed E-state index contributed by atoms with van der Waals surface area (Å²) in [5, 5.41) is 24.1. The number of pyridine rings is 1. The van der Waals surface area contributed by atoms with E-state index < -0.39 is 5.91 Å². The smallest absolute Gasteiger partial charge is 0.274 e. The summed E-state index contributed by atoms with van der Waals surface area (Å²) in [5.41, 5.74) is 2.76. The van der Waals surface area contributed by atoms with Gasteiger partial charge in [-0.25, -0.2) is 0 Å². The van der Waals surface area contributed by atoms with Crippen molar-refractivity contribution in [3.63, 3.8) is 0 Å². The zero-order valence-corrected chi connectivity index (χ0v) is 13.6. The van der Waals surface area contributed by atoms with E-state index in [1.165, 1.54) is 6.20 Å². The summed E-state index contributed by atoms with van der Waals surface area (Å²) in [6.45, 7) is 0. The molecule has 2 N–H and O–H groups in total. The molecule has 0 bridgehead atoms. The fraction of sp³-hybridized carbons (Fsp3) is 0. The molecule has 124 valence electrons. The number of anilines is 3. The van der Waals surface area contributed by atoms with E-state index >= 15 is 0 Å². The standard InChI is InChI=1S/C20H13N5O/c21-12-14-5-1-3-7-17(14)24-16-9-10-23-19(11-16)20(26)25-18-8-4-2-6-15(18)13-22/h1-11H,(H,23,24)(H,25,26). The molecule has 0 radical (unpaired) electrons. The van der Waals surface area contributed by atoms with Gasteiger partial charge >= 0.3 is 0 Å². The highest BCUT2D eigenvalue weighted by Crippen LogP contribution is 2.21. The van der Waals surface area contributed by atoms with Gasteiger partial charge in [0.2, 0.25) is 0 Å². The number of rotatable bonds is 4. The number of nitrogens with one attached hydrogen (secondary N) is 2. The van der Waals surface area contributed by atoms with Gasteiger partial charge in [-0.3, -0.25) is 9.78 Å². The molecule has 0 aliphatic carbocycles. The number of aromatic nitrogens is 1. The monoisotopic (exact) mass is 339 g/mol. The molecule has 6 heteroatoms. The predicted molar refractivity (Wildman–Crippen MR) is 97.8 cm³/mol. The number of carbonyl (C=O) groups excluding carboxylic acids is 1. The van der Waals surface area contributed by atoms with Crippen LogP contribution in [-0.4, -0.2) is 10.9 Å². The van der Waals surface area contributed by atoms with E-state index in [2.05, 4.69) is 21.7 Å². The first-order valence-electron chi connectivity index (χ1n) is 7.74. The van der Waals surface area contributed by atoms with Crippen LogP contribution in [-0.2, 0) is 0 Å². The zero-order valence-electron chi connectivity index (χ0n) is 13.6. The van der Waals surface area contributed by atoms with Gasteiger partial charge in [0.1, 0.15) is 17.8 Å². The minimum atomic E-state index is -0.426. The van der Waals surface area contributed by atoms with Crippen LogP contribution < -0.4 is 10.6 Å². The van der Waals surface area contributed by atoms with Gasteiger partial charge in [-0.05, 0) is 36.4 Å². The van der Waals surface area contributed by atoms with Gasteiger partial charge in [-0.1, -0.05) is 24.3 Å². The van der Waals surface area contributed by atoms with Crippen molar-refractivity contribution in [2.75, 3.05) is 10.6 Å². The topological polar surface area (TPSA) is 102 Å². The summed E-state index contributed by atoms with van der Waals surface area (Å²) in [4.78, 5) is 16.5. The van der Waals surface area contributed by atoms with E-state index in [1.807, 2.05) is 12.1 Å². The van der Waals surface area contributed by atoms with Crippen LogP contribution in [0.2, 0.25) is 0 Å². The molecule has 0 aliphatic rings. The fourth-order valence-electron chi connectivity index (χ4n) is 2.35. The molecule has 0 unspecified atom stereocenters. The highest BCUT2D eigenvalue weighted by molar-refractivity contribution is 6.04. The molecule has 3 aromatic rings. The van der Waals surface area contributed by atoms with Crippen molar-refractivity contribution in [1.29, 1.82) is 10.5 Å². The van der Waals surface area contributed by atoms with E-state index in [1.54, 1.807) is 54.6 Å². The van der Waals surface area contributed by atoms with Crippen LogP contribution in [0.3, 0.4) is 0 Å². The Hall–Kier alpha value is -4.16. The Morgan fingerprint density at radius 2 is 1.50 bits per heavy atom. The highest BCUT2D eigenvalue weighted by Gasteiger charge is 2.11. The molecule has 0 fully saturated rings. The summed E-state index contributed by atoms with van der Waals surface area (Å²) in [7, 11) is 0. The molecule has 0 saturated heterocycles. The van der Waals surface area contributed by atoms with E-state index in [4.69, 9.17) is 10.5 Å². The van der Waals surface area contributed by atoms with E-state index in [9.17, 15) is 4.79 Å². The minimum absolute atomic E-state index is 0.192. The maximum absolute atomic E-state index is 12.4. The lowest BCUT2D eigenvalue weighted by atomic mass is 10.2. The second-order valence-corrected chi connectivity index (χ2v) is 5.32. The number of carbonyl (C=O) groups is 1. The molecule has 6 nitrogen and oxygen atoms in total. The van der Waals surface area contributed by atoms with Crippen molar-refractivity contribution >= 4 is 23.0 Å². The molecular weight excluding hydrogens is 326 g/mol. The normalized spacial score (nSPS) is 9.62.